The minimum atomic E-state index is -0.891. The quantitative estimate of drug-likeness (QED) is 0.146. The van der Waals surface area contributed by atoms with Gasteiger partial charge in [0.15, 0.2) is 17.3 Å². The summed E-state index contributed by atoms with van der Waals surface area (Å²) in [5.41, 5.74) is 0.342. The molecule has 3 aromatic carbocycles. The molecule has 1 aliphatic heterocycles. The summed E-state index contributed by atoms with van der Waals surface area (Å²) in [6, 6.07) is 12.4. The molecule has 0 radical (unpaired) electrons. The lowest BCUT2D eigenvalue weighted by Gasteiger charge is -2.26. The fourth-order valence-corrected chi connectivity index (χ4v) is 4.57. The Morgan fingerprint density at radius 3 is 2.32 bits per heavy atom. The van der Waals surface area contributed by atoms with Crippen LogP contribution in [0, 0.1) is 0 Å². The van der Waals surface area contributed by atoms with Crippen molar-refractivity contribution in [1.29, 1.82) is 0 Å². The molecule has 4 N–H and O–H groups in total. The van der Waals surface area contributed by atoms with Gasteiger partial charge in [0.25, 0.3) is 0 Å². The Morgan fingerprint density at radius 1 is 0.912 bits per heavy atom. The lowest BCUT2D eigenvalue weighted by molar-refractivity contribution is -0.135. The van der Waals surface area contributed by atoms with Gasteiger partial charge in [-0.1, -0.05) is 12.1 Å². The van der Waals surface area contributed by atoms with Gasteiger partial charge in [0.05, 0.1) is 6.42 Å². The molecular formula is C25H18O8S. The second-order valence-corrected chi connectivity index (χ2v) is 8.71. The van der Waals surface area contributed by atoms with Crippen molar-refractivity contribution in [3.8, 4) is 40.1 Å². The van der Waals surface area contributed by atoms with Gasteiger partial charge in [0.2, 0.25) is 11.2 Å². The first-order valence-corrected chi connectivity index (χ1v) is 11.4. The SMILES string of the molecule is CSc1ccc([C@@H]2CC(=O)Oc3cc(O)c4c(=O)c(O)c(-c5ccc(O)c(O)c5)oc4c32)cc1. The molecule has 0 bridgehead atoms. The summed E-state index contributed by atoms with van der Waals surface area (Å²) in [6.07, 6.45) is 1.92. The van der Waals surface area contributed by atoms with Gasteiger partial charge in [-0.05, 0) is 42.2 Å². The Balaban J connectivity index is 1.82. The minimum absolute atomic E-state index is 0.0224. The third-order valence-corrected chi connectivity index (χ3v) is 6.56. The predicted octanol–water partition coefficient (Wildman–Crippen LogP) is 4.45. The lowest BCUT2D eigenvalue weighted by Crippen LogP contribution is -2.22. The molecule has 172 valence electrons. The van der Waals surface area contributed by atoms with Crippen LogP contribution in [-0.4, -0.2) is 32.7 Å². The molecule has 1 aliphatic rings. The number of hydrogen-bond donors (Lipinski definition) is 4. The molecule has 0 saturated heterocycles. The topological polar surface area (TPSA) is 137 Å². The van der Waals surface area contributed by atoms with Crippen LogP contribution in [-0.2, 0) is 4.79 Å². The van der Waals surface area contributed by atoms with Gasteiger partial charge >= 0.3 is 5.97 Å². The van der Waals surface area contributed by atoms with Crippen LogP contribution >= 0.6 is 11.8 Å². The Morgan fingerprint density at radius 2 is 1.65 bits per heavy atom. The highest BCUT2D eigenvalue weighted by molar-refractivity contribution is 7.98. The van der Waals surface area contributed by atoms with Gasteiger partial charge in [-0.2, -0.15) is 0 Å². The summed E-state index contributed by atoms with van der Waals surface area (Å²) in [5.74, 6) is -3.41. The maximum atomic E-state index is 13.1. The fourth-order valence-electron chi connectivity index (χ4n) is 4.16. The van der Waals surface area contributed by atoms with E-state index in [0.29, 0.717) is 5.56 Å². The number of hydrogen-bond acceptors (Lipinski definition) is 9. The highest BCUT2D eigenvalue weighted by Crippen LogP contribution is 2.47. The van der Waals surface area contributed by atoms with Gasteiger partial charge in [0, 0.05) is 28.0 Å². The number of ether oxygens (including phenoxy) is 1. The molecule has 1 atom stereocenters. The van der Waals surface area contributed by atoms with E-state index < -0.39 is 34.6 Å². The van der Waals surface area contributed by atoms with Gasteiger partial charge in [-0.25, -0.2) is 0 Å². The molecule has 8 nitrogen and oxygen atoms in total. The van der Waals surface area contributed by atoms with E-state index in [9.17, 15) is 30.0 Å². The van der Waals surface area contributed by atoms with Gasteiger partial charge in [-0.15, -0.1) is 11.8 Å². The number of rotatable bonds is 3. The number of aromatic hydroxyl groups is 4. The summed E-state index contributed by atoms with van der Waals surface area (Å²) in [7, 11) is 0. The van der Waals surface area contributed by atoms with Gasteiger partial charge in [-0.3, -0.25) is 9.59 Å². The average molecular weight is 478 g/mol. The molecule has 0 amide bonds. The predicted molar refractivity (Wildman–Crippen MR) is 125 cm³/mol. The van der Waals surface area contributed by atoms with Crippen molar-refractivity contribution in [3.63, 3.8) is 0 Å². The molecule has 0 saturated carbocycles. The standard InChI is InChI=1S/C25H18O8S/c1-34-13-5-2-11(3-6-13)14-9-19(29)32-18-10-17(28)21-22(30)23(31)24(33-25(21)20(14)18)12-4-7-15(26)16(27)8-12/h2-8,10,14,26-28,31H,9H2,1H3/t14-/m0/s1. The van der Waals surface area contributed by atoms with Crippen molar-refractivity contribution in [2.45, 2.75) is 17.2 Å². The van der Waals surface area contributed by atoms with Crippen LogP contribution < -0.4 is 10.2 Å². The monoisotopic (exact) mass is 478 g/mol. The summed E-state index contributed by atoms with van der Waals surface area (Å²) in [4.78, 5) is 26.5. The number of fused-ring (bicyclic) bond motifs is 3. The Hall–Kier alpha value is -4.11. The van der Waals surface area contributed by atoms with Crippen LogP contribution in [0.3, 0.4) is 0 Å². The summed E-state index contributed by atoms with van der Waals surface area (Å²) in [6.45, 7) is 0. The van der Waals surface area contributed by atoms with Gasteiger partial charge < -0.3 is 29.6 Å². The molecule has 9 heteroatoms. The maximum Gasteiger partial charge on any atom is 0.312 e. The van der Waals surface area contributed by atoms with Crippen molar-refractivity contribution in [3.05, 3.63) is 69.9 Å². The zero-order valence-corrected chi connectivity index (χ0v) is 18.5. The summed E-state index contributed by atoms with van der Waals surface area (Å²) < 4.78 is 11.3. The van der Waals surface area contributed by atoms with Crippen LogP contribution in [0.4, 0.5) is 0 Å². The average Bonchev–Trinajstić information content (AvgIpc) is 2.82. The number of carbonyl (C=O) groups is 1. The molecule has 4 aromatic rings. The maximum absolute atomic E-state index is 13.1. The summed E-state index contributed by atoms with van der Waals surface area (Å²) in [5, 5.41) is 40.4. The second kappa shape index (κ2) is 8.03. The first-order valence-electron chi connectivity index (χ1n) is 10.2. The fraction of sp³-hybridized carbons (Fsp3) is 0.120. The third kappa shape index (κ3) is 3.41. The van der Waals surface area contributed by atoms with E-state index in [1.54, 1.807) is 11.8 Å². The molecule has 0 spiro atoms. The van der Waals surface area contributed by atoms with Crippen molar-refractivity contribution in [2.75, 3.05) is 6.26 Å². The number of esters is 1. The smallest absolute Gasteiger partial charge is 0.312 e. The van der Waals surface area contributed by atoms with Crippen molar-refractivity contribution in [1.82, 2.24) is 0 Å². The minimum Gasteiger partial charge on any atom is -0.507 e. The third-order valence-electron chi connectivity index (χ3n) is 5.82. The molecule has 0 unspecified atom stereocenters. The Labute approximate surface area is 196 Å². The molecule has 1 aromatic heterocycles. The van der Waals surface area contributed by atoms with Crippen LogP contribution in [0.5, 0.6) is 28.7 Å². The highest BCUT2D eigenvalue weighted by Gasteiger charge is 2.34. The summed E-state index contributed by atoms with van der Waals surface area (Å²) >= 11 is 1.57. The van der Waals surface area contributed by atoms with E-state index in [0.717, 1.165) is 16.5 Å². The van der Waals surface area contributed by atoms with E-state index in [1.807, 2.05) is 30.5 Å². The Kier molecular flexibility index (Phi) is 5.13. The number of phenolic OH excluding ortho intramolecular Hbond substituents is 3. The van der Waals surface area contributed by atoms with E-state index in [-0.39, 0.29) is 40.2 Å². The van der Waals surface area contributed by atoms with Crippen molar-refractivity contribution >= 4 is 28.7 Å². The van der Waals surface area contributed by atoms with Crippen molar-refractivity contribution < 1.29 is 34.4 Å². The first kappa shape index (κ1) is 21.7. The molecule has 0 aliphatic carbocycles. The molecule has 0 fully saturated rings. The van der Waals surface area contributed by atoms with E-state index in [4.69, 9.17) is 9.15 Å². The van der Waals surface area contributed by atoms with E-state index in [2.05, 4.69) is 0 Å². The largest absolute Gasteiger partial charge is 0.507 e. The highest BCUT2D eigenvalue weighted by atomic mass is 32.2. The zero-order valence-electron chi connectivity index (χ0n) is 17.7. The molecular weight excluding hydrogens is 460 g/mol. The van der Waals surface area contributed by atoms with Crippen LogP contribution in [0.2, 0.25) is 0 Å². The van der Waals surface area contributed by atoms with Gasteiger partial charge in [0.1, 0.15) is 22.5 Å². The normalized spacial score (nSPS) is 15.2. The number of thioether (sulfide) groups is 1. The van der Waals surface area contributed by atoms with Crippen LogP contribution in [0.1, 0.15) is 23.5 Å². The lowest BCUT2D eigenvalue weighted by atomic mass is 9.85. The molecule has 2 heterocycles. The Bertz CT molecular complexity index is 1520. The van der Waals surface area contributed by atoms with E-state index in [1.165, 1.54) is 18.2 Å². The number of benzene rings is 3. The van der Waals surface area contributed by atoms with Crippen LogP contribution in [0.25, 0.3) is 22.3 Å². The molecule has 5 rings (SSSR count). The number of phenols is 3. The van der Waals surface area contributed by atoms with Crippen molar-refractivity contribution in [2.24, 2.45) is 0 Å². The first-order chi connectivity index (χ1) is 16.3. The molecule has 34 heavy (non-hydrogen) atoms. The van der Waals surface area contributed by atoms with Crippen LogP contribution in [0.15, 0.2) is 62.6 Å². The second-order valence-electron chi connectivity index (χ2n) is 7.83. The number of carbonyl (C=O) groups excluding carboxylic acids is 1. The zero-order chi connectivity index (χ0) is 24.1. The van der Waals surface area contributed by atoms with E-state index >= 15 is 0 Å².